The molecule has 0 spiro atoms. The Hall–Kier alpha value is -2.58. The third-order valence-electron chi connectivity index (χ3n) is 5.73. The molecule has 0 unspecified atom stereocenters. The maximum absolute atomic E-state index is 13.5. The van der Waals surface area contributed by atoms with Gasteiger partial charge in [0.1, 0.15) is 12.6 Å². The highest BCUT2D eigenvalue weighted by Crippen LogP contribution is 2.24. The molecule has 0 saturated heterocycles. The number of carbonyl (C=O) groups excluding carboxylic acids is 2. The van der Waals surface area contributed by atoms with Gasteiger partial charge in [0.25, 0.3) is 0 Å². The number of anilines is 1. The van der Waals surface area contributed by atoms with Gasteiger partial charge in [0.15, 0.2) is 0 Å². The van der Waals surface area contributed by atoms with Crippen LogP contribution in [0.5, 0.6) is 0 Å². The number of carbonyl (C=O) groups is 2. The van der Waals surface area contributed by atoms with E-state index in [0.29, 0.717) is 10.7 Å². The van der Waals surface area contributed by atoms with Gasteiger partial charge in [0.2, 0.25) is 21.8 Å². The van der Waals surface area contributed by atoms with Crippen LogP contribution >= 0.6 is 11.6 Å². The van der Waals surface area contributed by atoms with Crippen LogP contribution in [-0.2, 0) is 26.2 Å². The number of halogens is 1. The molecule has 0 aromatic heterocycles. The lowest BCUT2D eigenvalue weighted by Gasteiger charge is -2.32. The van der Waals surface area contributed by atoms with E-state index in [0.717, 1.165) is 33.7 Å². The van der Waals surface area contributed by atoms with E-state index in [4.69, 9.17) is 11.6 Å². The Morgan fingerprint density at radius 3 is 2.21 bits per heavy atom. The number of nitrogens with one attached hydrogen (secondary N) is 1. The summed E-state index contributed by atoms with van der Waals surface area (Å²) in [5, 5.41) is 3.46. The molecular weight excluding hydrogens is 474 g/mol. The predicted molar refractivity (Wildman–Crippen MR) is 137 cm³/mol. The molecular formula is C25H34ClN3O4S. The van der Waals surface area contributed by atoms with Gasteiger partial charge in [-0.25, -0.2) is 8.42 Å². The molecule has 9 heteroatoms. The largest absolute Gasteiger partial charge is 0.352 e. The van der Waals surface area contributed by atoms with Crippen LogP contribution < -0.4 is 9.62 Å². The molecule has 2 aromatic rings. The third-order valence-corrected chi connectivity index (χ3v) is 7.11. The Morgan fingerprint density at radius 1 is 1.06 bits per heavy atom. The topological polar surface area (TPSA) is 86.8 Å². The number of hydrogen-bond donors (Lipinski definition) is 1. The molecule has 0 fully saturated rings. The van der Waals surface area contributed by atoms with E-state index in [2.05, 4.69) is 5.32 Å². The van der Waals surface area contributed by atoms with Crippen molar-refractivity contribution in [1.29, 1.82) is 0 Å². The molecule has 0 heterocycles. The Balaban J connectivity index is 2.41. The van der Waals surface area contributed by atoms with Crippen LogP contribution in [0, 0.1) is 13.8 Å². The lowest BCUT2D eigenvalue weighted by atomic mass is 10.1. The van der Waals surface area contributed by atoms with E-state index < -0.39 is 28.5 Å². The van der Waals surface area contributed by atoms with Crippen molar-refractivity contribution in [3.8, 4) is 0 Å². The zero-order chi connectivity index (χ0) is 25.6. The highest BCUT2D eigenvalue weighted by Gasteiger charge is 2.30. The molecule has 186 valence electrons. The minimum Gasteiger partial charge on any atom is -0.352 e. The molecule has 2 aromatic carbocycles. The summed E-state index contributed by atoms with van der Waals surface area (Å²) in [6, 6.07) is 11.5. The summed E-state index contributed by atoms with van der Waals surface area (Å²) < 4.78 is 26.4. The maximum Gasteiger partial charge on any atom is 0.244 e. The number of rotatable bonds is 10. The van der Waals surface area contributed by atoms with E-state index >= 15 is 0 Å². The van der Waals surface area contributed by atoms with Crippen molar-refractivity contribution in [2.45, 2.75) is 59.7 Å². The van der Waals surface area contributed by atoms with Crippen molar-refractivity contribution in [3.63, 3.8) is 0 Å². The minimum atomic E-state index is -3.76. The third kappa shape index (κ3) is 7.46. The van der Waals surface area contributed by atoms with E-state index in [-0.39, 0.29) is 18.5 Å². The lowest BCUT2D eigenvalue weighted by molar-refractivity contribution is -0.139. The molecule has 0 aliphatic heterocycles. The predicted octanol–water partition coefficient (Wildman–Crippen LogP) is 4.05. The Bertz CT molecular complexity index is 1120. The molecule has 0 bridgehead atoms. The lowest BCUT2D eigenvalue weighted by Crippen LogP contribution is -2.52. The van der Waals surface area contributed by atoms with Crippen LogP contribution in [0.1, 0.15) is 43.9 Å². The summed E-state index contributed by atoms with van der Waals surface area (Å²) in [6.45, 7) is 8.93. The number of nitrogens with zero attached hydrogens (tertiary/aromatic N) is 2. The monoisotopic (exact) mass is 507 g/mol. The number of amides is 2. The average molecular weight is 508 g/mol. The highest BCUT2D eigenvalue weighted by atomic mass is 35.5. The van der Waals surface area contributed by atoms with Crippen LogP contribution in [0.25, 0.3) is 0 Å². The van der Waals surface area contributed by atoms with Crippen molar-refractivity contribution in [2.75, 3.05) is 17.1 Å². The first-order chi connectivity index (χ1) is 15.8. The van der Waals surface area contributed by atoms with Gasteiger partial charge in [-0.1, -0.05) is 48.4 Å². The first kappa shape index (κ1) is 27.7. The van der Waals surface area contributed by atoms with Gasteiger partial charge >= 0.3 is 0 Å². The summed E-state index contributed by atoms with van der Waals surface area (Å²) >= 11 is 5.99. The van der Waals surface area contributed by atoms with Crippen LogP contribution in [-0.4, -0.2) is 50.0 Å². The van der Waals surface area contributed by atoms with Crippen molar-refractivity contribution in [1.82, 2.24) is 10.2 Å². The number of hydrogen-bond acceptors (Lipinski definition) is 4. The van der Waals surface area contributed by atoms with Crippen LogP contribution in [0.2, 0.25) is 5.02 Å². The molecule has 34 heavy (non-hydrogen) atoms. The van der Waals surface area contributed by atoms with Crippen LogP contribution in [0.3, 0.4) is 0 Å². The van der Waals surface area contributed by atoms with Gasteiger partial charge in [-0.2, -0.15) is 0 Å². The van der Waals surface area contributed by atoms with Crippen molar-refractivity contribution in [2.24, 2.45) is 0 Å². The second-order valence-corrected chi connectivity index (χ2v) is 11.0. The summed E-state index contributed by atoms with van der Waals surface area (Å²) in [6.07, 6.45) is 1.82. The van der Waals surface area contributed by atoms with Crippen molar-refractivity contribution in [3.05, 3.63) is 64.2 Å². The van der Waals surface area contributed by atoms with Crippen LogP contribution in [0.4, 0.5) is 5.69 Å². The second-order valence-electron chi connectivity index (χ2n) is 8.70. The summed E-state index contributed by atoms with van der Waals surface area (Å²) in [5.74, 6) is -0.777. The first-order valence-electron chi connectivity index (χ1n) is 11.2. The van der Waals surface area contributed by atoms with Gasteiger partial charge < -0.3 is 10.2 Å². The maximum atomic E-state index is 13.5. The number of sulfonamides is 1. The Kier molecular flexibility index (Phi) is 9.53. The van der Waals surface area contributed by atoms with E-state index in [1.165, 1.54) is 4.90 Å². The fourth-order valence-corrected chi connectivity index (χ4v) is 4.55. The van der Waals surface area contributed by atoms with Gasteiger partial charge in [-0.15, -0.1) is 0 Å². The molecule has 2 atom stereocenters. The second kappa shape index (κ2) is 11.7. The molecule has 1 N–H and O–H groups in total. The molecule has 0 aliphatic carbocycles. The fourth-order valence-electron chi connectivity index (χ4n) is 3.51. The molecule has 0 saturated carbocycles. The molecule has 2 amide bonds. The highest BCUT2D eigenvalue weighted by molar-refractivity contribution is 7.92. The zero-order valence-corrected chi connectivity index (χ0v) is 22.2. The van der Waals surface area contributed by atoms with Gasteiger partial charge in [0.05, 0.1) is 11.9 Å². The summed E-state index contributed by atoms with van der Waals surface area (Å²) in [4.78, 5) is 27.8. The standard InChI is InChI=1S/C25H34ClN3O4S/c1-7-19(4)27-25(31)20(5)28(15-21-9-11-22(26)12-10-21)24(30)16-29(34(6,32)33)23-13-8-17(2)14-18(23)3/h8-14,19-20H,7,15-16H2,1-6H3,(H,27,31)/t19-,20+/m1/s1. The normalized spacial score (nSPS) is 13.1. The van der Waals surface area contributed by atoms with E-state index in [1.807, 2.05) is 26.8 Å². The smallest absolute Gasteiger partial charge is 0.244 e. The van der Waals surface area contributed by atoms with Gasteiger partial charge in [-0.3, -0.25) is 13.9 Å². The molecule has 7 nitrogen and oxygen atoms in total. The Labute approximate surface area is 208 Å². The van der Waals surface area contributed by atoms with Gasteiger partial charge in [-0.05, 0) is 63.4 Å². The minimum absolute atomic E-state index is 0.0508. The number of aryl methyl sites for hydroxylation is 2. The Morgan fingerprint density at radius 2 is 1.68 bits per heavy atom. The zero-order valence-electron chi connectivity index (χ0n) is 20.6. The van der Waals surface area contributed by atoms with Crippen molar-refractivity contribution < 1.29 is 18.0 Å². The molecule has 0 aliphatic rings. The molecule has 2 rings (SSSR count). The first-order valence-corrected chi connectivity index (χ1v) is 13.4. The summed E-state index contributed by atoms with van der Waals surface area (Å²) in [5.41, 5.74) is 2.94. The van der Waals surface area contributed by atoms with Crippen LogP contribution in [0.15, 0.2) is 42.5 Å². The van der Waals surface area contributed by atoms with E-state index in [9.17, 15) is 18.0 Å². The fraction of sp³-hybridized carbons (Fsp3) is 0.440. The average Bonchev–Trinajstić information content (AvgIpc) is 2.76. The molecule has 0 radical (unpaired) electrons. The SMILES string of the molecule is CC[C@@H](C)NC(=O)[C@H](C)N(Cc1ccc(Cl)cc1)C(=O)CN(c1ccc(C)cc1C)S(C)(=O)=O. The quantitative estimate of drug-likeness (QED) is 0.525. The van der Waals surface area contributed by atoms with Crippen molar-refractivity contribution >= 4 is 39.1 Å². The van der Waals surface area contributed by atoms with Gasteiger partial charge in [0, 0.05) is 17.6 Å². The number of benzene rings is 2. The van der Waals surface area contributed by atoms with E-state index in [1.54, 1.807) is 50.2 Å². The summed E-state index contributed by atoms with van der Waals surface area (Å²) in [7, 11) is -3.76.